The van der Waals surface area contributed by atoms with E-state index >= 15 is 0 Å². The molecule has 1 saturated heterocycles. The maximum absolute atomic E-state index is 12.2. The van der Waals surface area contributed by atoms with Crippen molar-refractivity contribution in [2.24, 2.45) is 0 Å². The van der Waals surface area contributed by atoms with E-state index in [1.165, 1.54) is 12.8 Å². The van der Waals surface area contributed by atoms with Gasteiger partial charge in [0, 0.05) is 5.38 Å². The van der Waals surface area contributed by atoms with Gasteiger partial charge in [0.15, 0.2) is 0 Å². The Hall–Kier alpha value is -0.940. The molecule has 2 fully saturated rings. The van der Waals surface area contributed by atoms with Crippen molar-refractivity contribution in [3.8, 4) is 0 Å². The van der Waals surface area contributed by atoms with Crippen molar-refractivity contribution in [3.63, 3.8) is 0 Å². The van der Waals surface area contributed by atoms with E-state index in [0.717, 1.165) is 37.1 Å². The molecular formula is C15H22N2O2S. The molecule has 1 aromatic heterocycles. The van der Waals surface area contributed by atoms with Gasteiger partial charge in [-0.05, 0) is 32.1 Å². The van der Waals surface area contributed by atoms with Crippen LogP contribution in [0.25, 0.3) is 0 Å². The van der Waals surface area contributed by atoms with Gasteiger partial charge in [0.2, 0.25) is 0 Å². The molecule has 1 atom stereocenters. The first kappa shape index (κ1) is 14.0. The van der Waals surface area contributed by atoms with Crippen LogP contribution in [0.1, 0.15) is 60.9 Å². The summed E-state index contributed by atoms with van der Waals surface area (Å²) in [5.41, 5.74) is 0.624. The fourth-order valence-electron chi connectivity index (χ4n) is 3.31. The van der Waals surface area contributed by atoms with Crippen LogP contribution >= 0.6 is 11.3 Å². The van der Waals surface area contributed by atoms with Crippen LogP contribution in [0.15, 0.2) is 5.38 Å². The molecule has 0 aromatic carbocycles. The number of thiazole rings is 1. The molecule has 0 bridgehead atoms. The van der Waals surface area contributed by atoms with Crippen LogP contribution in [0.3, 0.4) is 0 Å². The zero-order chi connectivity index (χ0) is 14.0. The number of amides is 1. The molecule has 3 rings (SSSR count). The number of nitrogens with one attached hydrogen (secondary N) is 1. The number of aryl methyl sites for hydroxylation is 1. The van der Waals surface area contributed by atoms with Gasteiger partial charge in [-0.15, -0.1) is 11.3 Å². The molecule has 1 N–H and O–H groups in total. The summed E-state index contributed by atoms with van der Waals surface area (Å²) in [6, 6.07) is 0.150. The Morgan fingerprint density at radius 2 is 2.35 bits per heavy atom. The molecule has 2 heterocycles. The van der Waals surface area contributed by atoms with E-state index in [0.29, 0.717) is 12.3 Å². The molecule has 1 aliphatic carbocycles. The third kappa shape index (κ3) is 2.88. The molecule has 110 valence electrons. The van der Waals surface area contributed by atoms with Crippen LogP contribution in [-0.4, -0.2) is 29.1 Å². The van der Waals surface area contributed by atoms with Crippen LogP contribution in [-0.2, 0) is 11.2 Å². The highest BCUT2D eigenvalue weighted by Gasteiger charge is 2.42. The quantitative estimate of drug-likeness (QED) is 0.929. The summed E-state index contributed by atoms with van der Waals surface area (Å²) in [4.78, 5) is 16.6. The Labute approximate surface area is 123 Å². The first-order chi connectivity index (χ1) is 9.71. The molecule has 1 spiro atoms. The number of ether oxygens (including phenoxy) is 1. The number of hydrogen-bond donors (Lipinski definition) is 1. The van der Waals surface area contributed by atoms with Gasteiger partial charge in [0.25, 0.3) is 5.91 Å². The fourth-order valence-corrected chi connectivity index (χ4v) is 4.19. The number of rotatable bonds is 4. The van der Waals surface area contributed by atoms with E-state index in [9.17, 15) is 4.79 Å². The molecule has 4 nitrogen and oxygen atoms in total. The van der Waals surface area contributed by atoms with Crippen LogP contribution in [0, 0.1) is 0 Å². The van der Waals surface area contributed by atoms with Gasteiger partial charge in [-0.1, -0.05) is 19.8 Å². The van der Waals surface area contributed by atoms with Gasteiger partial charge in [0.1, 0.15) is 5.69 Å². The molecular weight excluding hydrogens is 272 g/mol. The van der Waals surface area contributed by atoms with E-state index in [4.69, 9.17) is 4.74 Å². The fraction of sp³-hybridized carbons (Fsp3) is 0.733. The van der Waals surface area contributed by atoms with E-state index in [1.54, 1.807) is 11.3 Å². The normalized spacial score (nSPS) is 24.4. The van der Waals surface area contributed by atoms with Crippen molar-refractivity contribution in [3.05, 3.63) is 16.1 Å². The average Bonchev–Trinajstić information content (AvgIpc) is 3.14. The Morgan fingerprint density at radius 3 is 3.10 bits per heavy atom. The van der Waals surface area contributed by atoms with Gasteiger partial charge in [-0.3, -0.25) is 4.79 Å². The molecule has 20 heavy (non-hydrogen) atoms. The zero-order valence-corrected chi connectivity index (χ0v) is 12.8. The van der Waals surface area contributed by atoms with Crippen molar-refractivity contribution >= 4 is 17.2 Å². The molecule has 0 radical (unpaired) electrons. The third-order valence-electron chi connectivity index (χ3n) is 4.31. The standard InChI is InChI=1S/C15H22N2O2S/c1-2-5-13-17-12(10-20-13)14(18)16-11-8-15(19-9-11)6-3-4-7-15/h10-11H,2-9H2,1H3,(H,16,18)/t11-/m0/s1. The lowest BCUT2D eigenvalue weighted by Gasteiger charge is -2.21. The minimum Gasteiger partial charge on any atom is -0.373 e. The van der Waals surface area contributed by atoms with Gasteiger partial charge >= 0.3 is 0 Å². The summed E-state index contributed by atoms with van der Waals surface area (Å²) in [6.45, 7) is 2.77. The lowest BCUT2D eigenvalue weighted by Crippen LogP contribution is -2.36. The maximum atomic E-state index is 12.2. The summed E-state index contributed by atoms with van der Waals surface area (Å²) in [7, 11) is 0. The van der Waals surface area contributed by atoms with Crippen molar-refractivity contribution in [2.45, 2.75) is 63.5 Å². The predicted molar refractivity (Wildman–Crippen MR) is 79.1 cm³/mol. The van der Waals surface area contributed by atoms with E-state index in [2.05, 4.69) is 17.2 Å². The highest BCUT2D eigenvalue weighted by atomic mass is 32.1. The summed E-state index contributed by atoms with van der Waals surface area (Å²) in [5, 5.41) is 5.99. The highest BCUT2D eigenvalue weighted by Crippen LogP contribution is 2.40. The van der Waals surface area contributed by atoms with Crippen molar-refractivity contribution in [1.82, 2.24) is 10.3 Å². The van der Waals surface area contributed by atoms with E-state index < -0.39 is 0 Å². The molecule has 5 heteroatoms. The lowest BCUT2D eigenvalue weighted by atomic mass is 9.96. The van der Waals surface area contributed by atoms with Crippen molar-refractivity contribution in [1.29, 1.82) is 0 Å². The van der Waals surface area contributed by atoms with Gasteiger partial charge in [-0.25, -0.2) is 4.98 Å². The second-order valence-corrected chi connectivity index (χ2v) is 6.89. The summed E-state index contributed by atoms with van der Waals surface area (Å²) >= 11 is 1.58. The third-order valence-corrected chi connectivity index (χ3v) is 5.22. The minimum absolute atomic E-state index is 0.0488. The zero-order valence-electron chi connectivity index (χ0n) is 12.0. The second-order valence-electron chi connectivity index (χ2n) is 5.95. The van der Waals surface area contributed by atoms with Gasteiger partial charge in [0.05, 0.1) is 23.3 Å². The van der Waals surface area contributed by atoms with Gasteiger partial charge < -0.3 is 10.1 Å². The number of nitrogens with zero attached hydrogens (tertiary/aromatic N) is 1. The SMILES string of the molecule is CCCc1nc(C(=O)N[C@@H]2COC3(CCCC3)C2)cs1. The molecule has 1 aromatic rings. The largest absolute Gasteiger partial charge is 0.373 e. The molecule has 1 aliphatic heterocycles. The highest BCUT2D eigenvalue weighted by molar-refractivity contribution is 7.09. The number of carbonyl (C=O) groups is 1. The van der Waals surface area contributed by atoms with Crippen LogP contribution < -0.4 is 5.32 Å². The van der Waals surface area contributed by atoms with Gasteiger partial charge in [-0.2, -0.15) is 0 Å². The molecule has 1 saturated carbocycles. The predicted octanol–water partition coefficient (Wildman–Crippen LogP) is 2.93. The molecule has 2 aliphatic rings. The first-order valence-corrected chi connectivity index (χ1v) is 8.48. The Balaban J connectivity index is 1.56. The summed E-state index contributed by atoms with van der Waals surface area (Å²) < 4.78 is 5.96. The van der Waals surface area contributed by atoms with Crippen LogP contribution in [0.5, 0.6) is 0 Å². The number of aromatic nitrogens is 1. The monoisotopic (exact) mass is 294 g/mol. The minimum atomic E-state index is -0.0488. The molecule has 0 unspecified atom stereocenters. The summed E-state index contributed by atoms with van der Waals surface area (Å²) in [5.74, 6) is -0.0488. The van der Waals surface area contributed by atoms with E-state index in [-0.39, 0.29) is 17.6 Å². The van der Waals surface area contributed by atoms with Crippen LogP contribution in [0.4, 0.5) is 0 Å². The Kier molecular flexibility index (Phi) is 4.08. The first-order valence-electron chi connectivity index (χ1n) is 7.60. The van der Waals surface area contributed by atoms with Crippen molar-refractivity contribution < 1.29 is 9.53 Å². The number of carbonyl (C=O) groups excluding carboxylic acids is 1. The Bertz CT molecular complexity index is 480. The smallest absolute Gasteiger partial charge is 0.271 e. The topological polar surface area (TPSA) is 51.2 Å². The maximum Gasteiger partial charge on any atom is 0.271 e. The summed E-state index contributed by atoms with van der Waals surface area (Å²) in [6.07, 6.45) is 7.79. The molecule has 1 amide bonds. The number of hydrogen-bond acceptors (Lipinski definition) is 4. The van der Waals surface area contributed by atoms with Crippen LogP contribution in [0.2, 0.25) is 0 Å². The van der Waals surface area contributed by atoms with E-state index in [1.807, 2.05) is 5.38 Å². The second kappa shape index (κ2) is 5.82. The Morgan fingerprint density at radius 1 is 1.55 bits per heavy atom. The van der Waals surface area contributed by atoms with Crippen molar-refractivity contribution in [2.75, 3.05) is 6.61 Å². The average molecular weight is 294 g/mol. The lowest BCUT2D eigenvalue weighted by molar-refractivity contribution is 0.00987.